The molecule has 16 heavy (non-hydrogen) atoms. The fourth-order valence-corrected chi connectivity index (χ4v) is 2.69. The average Bonchev–Trinajstić information content (AvgIpc) is 2.63. The van der Waals surface area contributed by atoms with Crippen LogP contribution in [0.3, 0.4) is 0 Å². The molecule has 0 aromatic carbocycles. The molecule has 0 atom stereocenters. The molecule has 0 spiro atoms. The number of nitrogens with zero attached hydrogens (tertiary/aromatic N) is 2. The lowest BCUT2D eigenvalue weighted by Crippen LogP contribution is -2.37. The molecular weight excluding hydrogens is 226 g/mol. The minimum absolute atomic E-state index is 0.132. The molecule has 1 aliphatic rings. The number of nitrogens with one attached hydrogen (secondary N) is 1. The molecule has 2 aromatic rings. The van der Waals surface area contributed by atoms with Gasteiger partial charge in [-0.25, -0.2) is 9.97 Å². The standard InChI is InChI=1S/C11H12ClN3O/c12-9-8-7(11(5-16)2-1-3-11)4-13-10(8)15-6-14-9/h4,6,16H,1-3,5H2,(H,13,14,15). The van der Waals surface area contributed by atoms with Crippen LogP contribution in [-0.2, 0) is 5.41 Å². The van der Waals surface area contributed by atoms with Crippen molar-refractivity contribution in [3.63, 3.8) is 0 Å². The van der Waals surface area contributed by atoms with Crippen molar-refractivity contribution in [2.75, 3.05) is 6.61 Å². The van der Waals surface area contributed by atoms with E-state index in [-0.39, 0.29) is 12.0 Å². The predicted octanol–water partition coefficient (Wildman–Crippen LogP) is 2.03. The molecule has 0 radical (unpaired) electrons. The number of aromatic nitrogens is 3. The molecule has 0 aliphatic heterocycles. The Balaban J connectivity index is 2.24. The second-order valence-corrected chi connectivity index (χ2v) is 4.74. The highest BCUT2D eigenvalue weighted by molar-refractivity contribution is 6.34. The molecule has 1 aliphatic carbocycles. The SMILES string of the molecule is OCC1(c2c[nH]c3ncnc(Cl)c23)CCC1. The van der Waals surface area contributed by atoms with Crippen LogP contribution >= 0.6 is 11.6 Å². The van der Waals surface area contributed by atoms with Crippen molar-refractivity contribution in [1.29, 1.82) is 0 Å². The van der Waals surface area contributed by atoms with Crippen LogP contribution < -0.4 is 0 Å². The largest absolute Gasteiger partial charge is 0.395 e. The van der Waals surface area contributed by atoms with Gasteiger partial charge < -0.3 is 10.1 Å². The first-order valence-corrected chi connectivity index (χ1v) is 5.73. The second-order valence-electron chi connectivity index (χ2n) is 4.38. The maximum absolute atomic E-state index is 9.56. The summed E-state index contributed by atoms with van der Waals surface area (Å²) in [5.74, 6) is 0. The van der Waals surface area contributed by atoms with Gasteiger partial charge in [-0.2, -0.15) is 0 Å². The van der Waals surface area contributed by atoms with Crippen molar-refractivity contribution >= 4 is 22.6 Å². The van der Waals surface area contributed by atoms with Crippen molar-refractivity contribution in [1.82, 2.24) is 15.0 Å². The molecule has 2 N–H and O–H groups in total. The summed E-state index contributed by atoms with van der Waals surface area (Å²) in [5.41, 5.74) is 1.67. The first-order chi connectivity index (χ1) is 7.77. The van der Waals surface area contributed by atoms with Gasteiger partial charge in [0.15, 0.2) is 0 Å². The molecule has 0 saturated heterocycles. The smallest absolute Gasteiger partial charge is 0.142 e. The van der Waals surface area contributed by atoms with Gasteiger partial charge in [-0.15, -0.1) is 0 Å². The minimum Gasteiger partial charge on any atom is -0.395 e. The van der Waals surface area contributed by atoms with Gasteiger partial charge in [0.25, 0.3) is 0 Å². The Morgan fingerprint density at radius 1 is 1.44 bits per heavy atom. The number of hydrogen-bond donors (Lipinski definition) is 2. The summed E-state index contributed by atoms with van der Waals surface area (Å²) in [4.78, 5) is 11.2. The van der Waals surface area contributed by atoms with Gasteiger partial charge in [0.05, 0.1) is 12.0 Å². The van der Waals surface area contributed by atoms with Gasteiger partial charge >= 0.3 is 0 Å². The lowest BCUT2D eigenvalue weighted by molar-refractivity contribution is 0.121. The fraction of sp³-hybridized carbons (Fsp3) is 0.455. The number of rotatable bonds is 2. The molecule has 0 bridgehead atoms. The molecule has 0 unspecified atom stereocenters. The van der Waals surface area contributed by atoms with Crippen molar-refractivity contribution in [2.24, 2.45) is 0 Å². The van der Waals surface area contributed by atoms with Crippen LogP contribution in [0.1, 0.15) is 24.8 Å². The van der Waals surface area contributed by atoms with E-state index in [9.17, 15) is 5.11 Å². The average molecular weight is 238 g/mol. The first kappa shape index (κ1) is 10.1. The third-order valence-corrected chi connectivity index (χ3v) is 3.89. The normalized spacial score (nSPS) is 18.6. The molecule has 1 fully saturated rings. The number of aromatic amines is 1. The number of aliphatic hydroxyl groups is 1. The Labute approximate surface area is 97.7 Å². The minimum atomic E-state index is -0.132. The van der Waals surface area contributed by atoms with Crippen LogP contribution in [0.15, 0.2) is 12.5 Å². The Morgan fingerprint density at radius 2 is 2.25 bits per heavy atom. The van der Waals surface area contributed by atoms with E-state index in [4.69, 9.17) is 11.6 Å². The molecule has 4 nitrogen and oxygen atoms in total. The van der Waals surface area contributed by atoms with Crippen LogP contribution in [0.5, 0.6) is 0 Å². The van der Waals surface area contributed by atoms with E-state index in [0.29, 0.717) is 5.15 Å². The lowest BCUT2D eigenvalue weighted by atomic mass is 9.65. The predicted molar refractivity (Wildman–Crippen MR) is 61.5 cm³/mol. The lowest BCUT2D eigenvalue weighted by Gasteiger charge is -2.40. The molecule has 0 amide bonds. The van der Waals surface area contributed by atoms with Gasteiger partial charge in [0, 0.05) is 11.6 Å². The molecular formula is C11H12ClN3O. The monoisotopic (exact) mass is 237 g/mol. The van der Waals surface area contributed by atoms with E-state index in [1.807, 2.05) is 6.20 Å². The van der Waals surface area contributed by atoms with E-state index >= 15 is 0 Å². The maximum Gasteiger partial charge on any atom is 0.142 e. The van der Waals surface area contributed by atoms with E-state index in [1.165, 1.54) is 6.33 Å². The summed E-state index contributed by atoms with van der Waals surface area (Å²) in [6.45, 7) is 0.158. The Bertz CT molecular complexity index is 527. The van der Waals surface area contributed by atoms with Crippen LogP contribution in [0.4, 0.5) is 0 Å². The molecule has 2 heterocycles. The molecule has 84 valence electrons. The van der Waals surface area contributed by atoms with Crippen molar-refractivity contribution in [3.05, 3.63) is 23.2 Å². The van der Waals surface area contributed by atoms with Crippen LogP contribution in [0.2, 0.25) is 5.15 Å². The maximum atomic E-state index is 9.56. The van der Waals surface area contributed by atoms with Gasteiger partial charge in [-0.3, -0.25) is 0 Å². The molecule has 5 heteroatoms. The molecule has 2 aromatic heterocycles. The molecule has 3 rings (SSSR count). The quantitative estimate of drug-likeness (QED) is 0.786. The third-order valence-electron chi connectivity index (χ3n) is 3.61. The fourth-order valence-electron chi connectivity index (χ4n) is 2.46. The first-order valence-electron chi connectivity index (χ1n) is 5.36. The number of H-pyrrole nitrogens is 1. The topological polar surface area (TPSA) is 61.8 Å². The van der Waals surface area contributed by atoms with Gasteiger partial charge in [0.1, 0.15) is 17.1 Å². The van der Waals surface area contributed by atoms with Crippen molar-refractivity contribution < 1.29 is 5.11 Å². The summed E-state index contributed by atoms with van der Waals surface area (Å²) in [6, 6.07) is 0. The highest BCUT2D eigenvalue weighted by Crippen LogP contribution is 2.46. The highest BCUT2D eigenvalue weighted by atomic mass is 35.5. The van der Waals surface area contributed by atoms with Gasteiger partial charge in [-0.05, 0) is 18.4 Å². The van der Waals surface area contributed by atoms with Crippen LogP contribution in [0.25, 0.3) is 11.0 Å². The summed E-state index contributed by atoms with van der Waals surface area (Å²) in [7, 11) is 0. The third kappa shape index (κ3) is 1.20. The van der Waals surface area contributed by atoms with Gasteiger partial charge in [-0.1, -0.05) is 18.0 Å². The van der Waals surface area contributed by atoms with E-state index in [0.717, 1.165) is 35.9 Å². The van der Waals surface area contributed by atoms with Crippen LogP contribution in [-0.4, -0.2) is 26.7 Å². The molecule has 1 saturated carbocycles. The highest BCUT2D eigenvalue weighted by Gasteiger charge is 2.40. The zero-order valence-corrected chi connectivity index (χ0v) is 9.46. The number of halogens is 1. The summed E-state index contributed by atoms with van der Waals surface area (Å²) < 4.78 is 0. The Kier molecular flexibility index (Phi) is 2.16. The van der Waals surface area contributed by atoms with Crippen molar-refractivity contribution in [3.8, 4) is 0 Å². The number of aliphatic hydroxyl groups excluding tert-OH is 1. The van der Waals surface area contributed by atoms with E-state index in [2.05, 4.69) is 15.0 Å². The number of fused-ring (bicyclic) bond motifs is 1. The summed E-state index contributed by atoms with van der Waals surface area (Å²) >= 11 is 6.09. The van der Waals surface area contributed by atoms with Crippen LogP contribution in [0, 0.1) is 0 Å². The van der Waals surface area contributed by atoms with Gasteiger partial charge in [0.2, 0.25) is 0 Å². The summed E-state index contributed by atoms with van der Waals surface area (Å²) in [6.07, 6.45) is 6.50. The van der Waals surface area contributed by atoms with E-state index in [1.54, 1.807) is 0 Å². The number of hydrogen-bond acceptors (Lipinski definition) is 3. The second kappa shape index (κ2) is 3.43. The van der Waals surface area contributed by atoms with E-state index < -0.39 is 0 Å². The Hall–Kier alpha value is -1.13. The summed E-state index contributed by atoms with van der Waals surface area (Å²) in [5, 5.41) is 10.9. The van der Waals surface area contributed by atoms with Crippen molar-refractivity contribution in [2.45, 2.75) is 24.7 Å². The zero-order chi connectivity index (χ0) is 11.2. The Morgan fingerprint density at radius 3 is 2.88 bits per heavy atom. The zero-order valence-electron chi connectivity index (χ0n) is 8.70.